The van der Waals surface area contributed by atoms with Gasteiger partial charge in [-0.15, -0.1) is 0 Å². The fourth-order valence-electron chi connectivity index (χ4n) is 2.96. The van der Waals surface area contributed by atoms with Crippen molar-refractivity contribution in [1.29, 1.82) is 0 Å². The zero-order chi connectivity index (χ0) is 18.3. The van der Waals surface area contributed by atoms with Crippen LogP contribution in [0, 0.1) is 18.6 Å². The van der Waals surface area contributed by atoms with Gasteiger partial charge >= 0.3 is 0 Å². The van der Waals surface area contributed by atoms with Crippen molar-refractivity contribution in [2.75, 3.05) is 6.54 Å². The van der Waals surface area contributed by atoms with Crippen molar-refractivity contribution in [3.8, 4) is 11.3 Å². The van der Waals surface area contributed by atoms with Crippen LogP contribution in [-0.2, 0) is 24.2 Å². The van der Waals surface area contributed by atoms with Crippen molar-refractivity contribution < 1.29 is 22.7 Å². The first-order valence-electron chi connectivity index (χ1n) is 8.01. The van der Waals surface area contributed by atoms with Crippen LogP contribution in [0.5, 0.6) is 0 Å². The van der Waals surface area contributed by atoms with Gasteiger partial charge in [-0.3, -0.25) is 4.79 Å². The van der Waals surface area contributed by atoms with Crippen molar-refractivity contribution in [2.24, 2.45) is 0 Å². The van der Waals surface area contributed by atoms with Gasteiger partial charge < -0.3 is 9.42 Å². The number of benzene rings is 1. The Kier molecular flexibility index (Phi) is 3.98. The summed E-state index contributed by atoms with van der Waals surface area (Å²) in [4.78, 5) is 14.2. The van der Waals surface area contributed by atoms with E-state index in [1.165, 1.54) is 6.07 Å². The number of carbonyl (C=O) groups excluding carboxylic acids is 1. The molecular weight excluding hydrogens is 346 g/mol. The van der Waals surface area contributed by atoms with E-state index in [2.05, 4.69) is 20.1 Å². The second-order valence-corrected chi connectivity index (χ2v) is 6.10. The molecule has 3 aromatic rings. The Morgan fingerprint density at radius 3 is 2.81 bits per heavy atom. The van der Waals surface area contributed by atoms with Gasteiger partial charge in [0.15, 0.2) is 11.6 Å². The Hall–Kier alpha value is -3.10. The second-order valence-electron chi connectivity index (χ2n) is 6.10. The minimum Gasteiger partial charge on any atom is -0.360 e. The molecule has 1 amide bonds. The highest BCUT2D eigenvalue weighted by Gasteiger charge is 2.28. The molecule has 0 N–H and O–H groups in total. The Bertz CT molecular complexity index is 982. The lowest BCUT2D eigenvalue weighted by Gasteiger charge is -2.26. The smallest absolute Gasteiger partial charge is 0.229 e. The summed E-state index contributed by atoms with van der Waals surface area (Å²) >= 11 is 0. The van der Waals surface area contributed by atoms with Gasteiger partial charge in [0.2, 0.25) is 5.91 Å². The molecule has 26 heavy (non-hydrogen) atoms. The van der Waals surface area contributed by atoms with Crippen LogP contribution in [0.15, 0.2) is 27.4 Å². The van der Waals surface area contributed by atoms with E-state index >= 15 is 0 Å². The highest BCUT2D eigenvalue weighted by atomic mass is 19.2. The zero-order valence-corrected chi connectivity index (χ0v) is 13.8. The minimum absolute atomic E-state index is 0.0798. The molecule has 0 fully saturated rings. The van der Waals surface area contributed by atoms with Crippen LogP contribution in [0.25, 0.3) is 11.3 Å². The molecule has 0 atom stereocenters. The highest BCUT2D eigenvalue weighted by molar-refractivity contribution is 5.79. The lowest BCUT2D eigenvalue weighted by Crippen LogP contribution is -2.36. The summed E-state index contributed by atoms with van der Waals surface area (Å²) in [7, 11) is 0. The van der Waals surface area contributed by atoms with Crippen molar-refractivity contribution in [2.45, 2.75) is 26.3 Å². The standard InChI is InChI=1S/C17H14F2N4O3/c1-9-14(21-26-20-9)7-16(24)23-5-4-15-11(8-23)17(22-25-15)10-2-3-12(18)13(19)6-10/h2-3,6H,4-5,7-8H2,1H3. The van der Waals surface area contributed by atoms with Gasteiger partial charge in [-0.05, 0) is 25.1 Å². The van der Waals surface area contributed by atoms with Gasteiger partial charge in [-0.1, -0.05) is 15.5 Å². The maximum atomic E-state index is 13.5. The first kappa shape index (κ1) is 16.4. The molecule has 4 rings (SSSR count). The quantitative estimate of drug-likeness (QED) is 0.713. The van der Waals surface area contributed by atoms with Crippen molar-refractivity contribution in [1.82, 2.24) is 20.4 Å². The lowest BCUT2D eigenvalue weighted by molar-refractivity contribution is -0.131. The maximum absolute atomic E-state index is 13.5. The van der Waals surface area contributed by atoms with E-state index in [1.807, 2.05) is 0 Å². The molecule has 2 aromatic heterocycles. The van der Waals surface area contributed by atoms with E-state index in [9.17, 15) is 13.6 Å². The number of hydrogen-bond acceptors (Lipinski definition) is 6. The normalized spacial score (nSPS) is 13.7. The fourth-order valence-corrected chi connectivity index (χ4v) is 2.96. The molecule has 0 bridgehead atoms. The Labute approximate surface area is 146 Å². The Morgan fingerprint density at radius 1 is 1.23 bits per heavy atom. The Balaban J connectivity index is 1.58. The van der Waals surface area contributed by atoms with Crippen LogP contribution in [-0.4, -0.2) is 32.8 Å². The first-order valence-corrected chi connectivity index (χ1v) is 8.01. The Morgan fingerprint density at radius 2 is 2.08 bits per heavy atom. The van der Waals surface area contributed by atoms with Crippen LogP contribution in [0.4, 0.5) is 8.78 Å². The lowest BCUT2D eigenvalue weighted by atomic mass is 10.0. The summed E-state index contributed by atoms with van der Waals surface area (Å²) in [6, 6.07) is 3.54. The largest absolute Gasteiger partial charge is 0.360 e. The summed E-state index contributed by atoms with van der Waals surface area (Å²) in [5, 5.41) is 11.4. The van der Waals surface area contributed by atoms with Crippen LogP contribution in [0.2, 0.25) is 0 Å². The van der Waals surface area contributed by atoms with E-state index in [0.717, 1.165) is 12.1 Å². The molecule has 134 valence electrons. The van der Waals surface area contributed by atoms with Crippen molar-refractivity contribution >= 4 is 5.91 Å². The molecule has 0 saturated carbocycles. The molecule has 1 aliphatic rings. The molecule has 0 unspecified atom stereocenters. The van der Waals surface area contributed by atoms with Gasteiger partial charge in [0.1, 0.15) is 22.8 Å². The van der Waals surface area contributed by atoms with Crippen LogP contribution in [0.3, 0.4) is 0 Å². The third kappa shape index (κ3) is 2.85. The first-order chi connectivity index (χ1) is 12.5. The van der Waals surface area contributed by atoms with Gasteiger partial charge in [-0.25, -0.2) is 13.4 Å². The topological polar surface area (TPSA) is 85.3 Å². The number of hydrogen-bond donors (Lipinski definition) is 0. The minimum atomic E-state index is -0.961. The summed E-state index contributed by atoms with van der Waals surface area (Å²) in [6.07, 6.45) is 0.574. The molecule has 0 spiro atoms. The molecule has 9 heteroatoms. The van der Waals surface area contributed by atoms with Crippen molar-refractivity contribution in [3.05, 3.63) is 52.5 Å². The van der Waals surface area contributed by atoms with Gasteiger partial charge in [0.05, 0.1) is 13.0 Å². The van der Waals surface area contributed by atoms with E-state index in [-0.39, 0.29) is 18.9 Å². The predicted molar refractivity (Wildman–Crippen MR) is 83.7 cm³/mol. The summed E-state index contributed by atoms with van der Waals surface area (Å²) in [6.45, 7) is 2.47. The van der Waals surface area contributed by atoms with Gasteiger partial charge in [-0.2, -0.15) is 0 Å². The van der Waals surface area contributed by atoms with Gasteiger partial charge in [0.25, 0.3) is 0 Å². The third-order valence-corrected chi connectivity index (χ3v) is 4.44. The SMILES string of the molecule is Cc1nonc1CC(=O)N1CCc2onc(-c3ccc(F)c(F)c3)c2C1. The number of fused-ring (bicyclic) bond motifs is 1. The van der Waals surface area contributed by atoms with E-state index in [1.54, 1.807) is 11.8 Å². The molecule has 3 heterocycles. The monoisotopic (exact) mass is 360 g/mol. The number of halogens is 2. The van der Waals surface area contributed by atoms with E-state index < -0.39 is 11.6 Å². The number of rotatable bonds is 3. The molecule has 0 saturated heterocycles. The van der Waals surface area contributed by atoms with Gasteiger partial charge in [0, 0.05) is 24.1 Å². The number of aryl methyl sites for hydroxylation is 1. The van der Waals surface area contributed by atoms with Crippen molar-refractivity contribution in [3.63, 3.8) is 0 Å². The molecular formula is C17H14F2N4O3. The fraction of sp³-hybridized carbons (Fsp3) is 0.294. The number of amides is 1. The number of carbonyl (C=O) groups is 1. The van der Waals surface area contributed by atoms with Crippen LogP contribution in [0.1, 0.15) is 22.7 Å². The maximum Gasteiger partial charge on any atom is 0.229 e. The number of nitrogens with zero attached hydrogens (tertiary/aromatic N) is 4. The molecule has 0 aliphatic carbocycles. The van der Waals surface area contributed by atoms with E-state index in [0.29, 0.717) is 46.9 Å². The number of aromatic nitrogens is 3. The second kappa shape index (κ2) is 6.32. The molecule has 7 nitrogen and oxygen atoms in total. The molecule has 0 radical (unpaired) electrons. The van der Waals surface area contributed by atoms with Crippen LogP contribution < -0.4 is 0 Å². The summed E-state index contributed by atoms with van der Waals surface area (Å²) < 4.78 is 36.6. The average Bonchev–Trinajstić information content (AvgIpc) is 3.23. The summed E-state index contributed by atoms with van der Waals surface area (Å²) in [5.74, 6) is -1.38. The molecule has 1 aromatic carbocycles. The summed E-state index contributed by atoms with van der Waals surface area (Å²) in [5.41, 5.74) is 2.58. The van der Waals surface area contributed by atoms with E-state index in [4.69, 9.17) is 4.52 Å². The highest BCUT2D eigenvalue weighted by Crippen LogP contribution is 2.31. The zero-order valence-electron chi connectivity index (χ0n) is 13.8. The molecule has 1 aliphatic heterocycles. The third-order valence-electron chi connectivity index (χ3n) is 4.44. The van der Waals surface area contributed by atoms with Crippen LogP contribution >= 0.6 is 0 Å². The predicted octanol–water partition coefficient (Wildman–Crippen LogP) is 2.44. The average molecular weight is 360 g/mol.